The number of hydrogen-bond acceptors (Lipinski definition) is 7. The molecule has 1 amide bonds. The molecule has 1 fully saturated rings. The molecule has 8 nitrogen and oxygen atoms in total. The molecule has 1 saturated carbocycles. The van der Waals surface area contributed by atoms with E-state index in [0.29, 0.717) is 22.2 Å². The molecule has 0 radical (unpaired) electrons. The average Bonchev–Trinajstić information content (AvgIpc) is 3.49. The third-order valence-corrected chi connectivity index (χ3v) is 4.42. The van der Waals surface area contributed by atoms with E-state index in [2.05, 4.69) is 25.6 Å². The lowest BCUT2D eigenvalue weighted by Gasteiger charge is -2.13. The number of nitrogens with one attached hydrogen (secondary N) is 2. The highest BCUT2D eigenvalue weighted by Gasteiger charge is 2.25. The number of rotatable bonds is 5. The van der Waals surface area contributed by atoms with Crippen LogP contribution in [-0.2, 0) is 6.54 Å². The molecule has 9 heteroatoms. The van der Waals surface area contributed by atoms with Gasteiger partial charge in [0.2, 0.25) is 0 Å². The van der Waals surface area contributed by atoms with Gasteiger partial charge >= 0.3 is 0 Å². The first-order valence-electron chi connectivity index (χ1n) is 8.69. The molecule has 140 valence electrons. The lowest BCUT2D eigenvalue weighted by Crippen LogP contribution is -2.27. The molecule has 2 aromatic heterocycles. The van der Waals surface area contributed by atoms with Crippen molar-refractivity contribution in [2.45, 2.75) is 25.4 Å². The normalized spacial score (nSPS) is 13.1. The molecule has 0 aliphatic heterocycles. The van der Waals surface area contributed by atoms with Crippen molar-refractivity contribution >= 4 is 28.4 Å². The van der Waals surface area contributed by atoms with Crippen molar-refractivity contribution in [3.63, 3.8) is 0 Å². The van der Waals surface area contributed by atoms with Crippen LogP contribution in [0.15, 0.2) is 30.6 Å². The van der Waals surface area contributed by atoms with Gasteiger partial charge in [-0.15, -0.1) is 0 Å². The highest BCUT2D eigenvalue weighted by Crippen LogP contribution is 2.23. The predicted molar refractivity (Wildman–Crippen MR) is 101 cm³/mol. The Balaban J connectivity index is 1.70. The van der Waals surface area contributed by atoms with Crippen LogP contribution in [0, 0.1) is 17.1 Å². The van der Waals surface area contributed by atoms with Gasteiger partial charge < -0.3 is 16.4 Å². The smallest absolute Gasteiger partial charge is 0.253 e. The van der Waals surface area contributed by atoms with Gasteiger partial charge in [-0.3, -0.25) is 9.78 Å². The molecule has 1 aliphatic rings. The third-order valence-electron chi connectivity index (χ3n) is 4.42. The summed E-state index contributed by atoms with van der Waals surface area (Å²) < 4.78 is 13.6. The zero-order valence-electron chi connectivity index (χ0n) is 14.7. The summed E-state index contributed by atoms with van der Waals surface area (Å²) in [5, 5.41) is 15.7. The number of carbonyl (C=O) groups is 1. The number of anilines is 2. The minimum atomic E-state index is -0.399. The maximum Gasteiger partial charge on any atom is 0.253 e. The van der Waals surface area contributed by atoms with Crippen LogP contribution in [0.5, 0.6) is 0 Å². The minimum absolute atomic E-state index is 0.0636. The second-order valence-corrected chi connectivity index (χ2v) is 6.52. The van der Waals surface area contributed by atoms with Gasteiger partial charge in [0, 0.05) is 11.4 Å². The Hall–Kier alpha value is -3.80. The molecule has 0 atom stereocenters. The molecule has 2 heterocycles. The van der Waals surface area contributed by atoms with E-state index >= 15 is 0 Å². The number of benzene rings is 1. The molecule has 0 unspecified atom stereocenters. The second kappa shape index (κ2) is 7.08. The maximum absolute atomic E-state index is 13.6. The van der Waals surface area contributed by atoms with Crippen molar-refractivity contribution in [1.82, 2.24) is 20.3 Å². The van der Waals surface area contributed by atoms with Gasteiger partial charge in [-0.2, -0.15) is 5.26 Å². The number of fused-ring (bicyclic) bond motifs is 1. The van der Waals surface area contributed by atoms with Crippen LogP contribution in [0.4, 0.5) is 16.0 Å². The van der Waals surface area contributed by atoms with E-state index in [9.17, 15) is 14.4 Å². The largest absolute Gasteiger partial charge is 0.382 e. The van der Waals surface area contributed by atoms with Crippen LogP contribution in [-0.4, -0.2) is 26.9 Å². The van der Waals surface area contributed by atoms with Gasteiger partial charge in [0.15, 0.2) is 0 Å². The average molecular weight is 377 g/mol. The van der Waals surface area contributed by atoms with E-state index in [4.69, 9.17) is 5.73 Å². The van der Waals surface area contributed by atoms with E-state index < -0.39 is 5.82 Å². The molecule has 0 saturated heterocycles. The van der Waals surface area contributed by atoms with Crippen LogP contribution in [0.1, 0.15) is 34.5 Å². The van der Waals surface area contributed by atoms with Crippen molar-refractivity contribution in [3.8, 4) is 6.07 Å². The Bertz CT molecular complexity index is 1120. The van der Waals surface area contributed by atoms with Gasteiger partial charge in [0.1, 0.15) is 35.4 Å². The standard InChI is InChI=1S/C19H16FN7O/c20-11-1-4-15-10(5-11)6-13(19(28)26-12-2-3-12)16(27-15)8-23-18-14(7-21)17(22)24-9-25-18/h1,4-6,9,12H,2-3,8H2,(H,26,28)(H3,22,23,24,25). The lowest BCUT2D eigenvalue weighted by atomic mass is 10.1. The van der Waals surface area contributed by atoms with E-state index in [-0.39, 0.29) is 35.7 Å². The minimum Gasteiger partial charge on any atom is -0.382 e. The summed E-state index contributed by atoms with van der Waals surface area (Å²) in [5.41, 5.74) is 7.18. The van der Waals surface area contributed by atoms with Crippen LogP contribution in [0.3, 0.4) is 0 Å². The Kier molecular flexibility index (Phi) is 4.45. The quantitative estimate of drug-likeness (QED) is 0.621. The summed E-state index contributed by atoms with van der Waals surface area (Å²) >= 11 is 0. The fourth-order valence-corrected chi connectivity index (χ4v) is 2.82. The number of halogens is 1. The van der Waals surface area contributed by atoms with Crippen molar-refractivity contribution < 1.29 is 9.18 Å². The molecule has 4 N–H and O–H groups in total. The fraction of sp³-hybridized carbons (Fsp3) is 0.211. The Morgan fingerprint density at radius 2 is 2.14 bits per heavy atom. The SMILES string of the molecule is N#Cc1c(N)ncnc1NCc1nc2ccc(F)cc2cc1C(=O)NC1CC1. The highest BCUT2D eigenvalue weighted by atomic mass is 19.1. The van der Waals surface area contributed by atoms with Crippen molar-refractivity contribution in [3.05, 3.63) is 53.2 Å². The van der Waals surface area contributed by atoms with E-state index in [0.717, 1.165) is 12.8 Å². The Morgan fingerprint density at radius 3 is 2.89 bits per heavy atom. The molecular formula is C19H16FN7O. The highest BCUT2D eigenvalue weighted by molar-refractivity contribution is 5.99. The topological polar surface area (TPSA) is 130 Å². The molecule has 1 aromatic carbocycles. The summed E-state index contributed by atoms with van der Waals surface area (Å²) in [4.78, 5) is 25.0. The number of carbonyl (C=O) groups excluding carboxylic acids is 1. The fourth-order valence-electron chi connectivity index (χ4n) is 2.82. The molecule has 1 aliphatic carbocycles. The second-order valence-electron chi connectivity index (χ2n) is 6.52. The molecule has 0 spiro atoms. The Labute approximate surface area is 159 Å². The zero-order chi connectivity index (χ0) is 19.7. The summed E-state index contributed by atoms with van der Waals surface area (Å²) in [6.45, 7) is 0.131. The van der Waals surface area contributed by atoms with E-state index in [1.54, 1.807) is 12.1 Å². The van der Waals surface area contributed by atoms with Gasteiger partial charge in [-0.1, -0.05) is 0 Å². The van der Waals surface area contributed by atoms with Gasteiger partial charge in [-0.25, -0.2) is 14.4 Å². The van der Waals surface area contributed by atoms with Crippen molar-refractivity contribution in [1.29, 1.82) is 5.26 Å². The number of hydrogen-bond donors (Lipinski definition) is 3. The molecule has 3 aromatic rings. The summed E-state index contributed by atoms with van der Waals surface area (Å²) in [6, 6.07) is 7.96. The van der Waals surface area contributed by atoms with Crippen LogP contribution < -0.4 is 16.4 Å². The zero-order valence-corrected chi connectivity index (χ0v) is 14.7. The number of aromatic nitrogens is 3. The first-order chi connectivity index (χ1) is 13.5. The lowest BCUT2D eigenvalue weighted by molar-refractivity contribution is 0.0950. The predicted octanol–water partition coefficient (Wildman–Crippen LogP) is 2.12. The first kappa shape index (κ1) is 17.6. The molecule has 28 heavy (non-hydrogen) atoms. The number of nitrogen functional groups attached to an aromatic ring is 1. The van der Waals surface area contributed by atoms with Crippen LogP contribution in [0.25, 0.3) is 10.9 Å². The monoisotopic (exact) mass is 377 g/mol. The maximum atomic E-state index is 13.6. The van der Waals surface area contributed by atoms with Crippen LogP contribution >= 0.6 is 0 Å². The third kappa shape index (κ3) is 3.53. The number of nitrogens with two attached hydrogens (primary N) is 1. The summed E-state index contributed by atoms with van der Waals surface area (Å²) in [5.74, 6) is -0.345. The van der Waals surface area contributed by atoms with E-state index in [1.165, 1.54) is 18.5 Å². The summed E-state index contributed by atoms with van der Waals surface area (Å²) in [6.07, 6.45) is 3.14. The van der Waals surface area contributed by atoms with Crippen molar-refractivity contribution in [2.24, 2.45) is 0 Å². The number of nitriles is 1. The molecule has 0 bridgehead atoms. The van der Waals surface area contributed by atoms with Crippen LogP contribution in [0.2, 0.25) is 0 Å². The number of pyridine rings is 1. The van der Waals surface area contributed by atoms with Gasteiger partial charge in [0.25, 0.3) is 5.91 Å². The van der Waals surface area contributed by atoms with E-state index in [1.807, 2.05) is 6.07 Å². The molecular weight excluding hydrogens is 361 g/mol. The Morgan fingerprint density at radius 1 is 1.32 bits per heavy atom. The number of amides is 1. The van der Waals surface area contributed by atoms with Gasteiger partial charge in [0.05, 0.1) is 23.3 Å². The number of nitrogens with zero attached hydrogens (tertiary/aromatic N) is 4. The molecule has 4 rings (SSSR count). The van der Waals surface area contributed by atoms with Crippen molar-refractivity contribution in [2.75, 3.05) is 11.1 Å². The van der Waals surface area contributed by atoms with Gasteiger partial charge in [-0.05, 0) is 37.1 Å². The summed E-state index contributed by atoms with van der Waals surface area (Å²) in [7, 11) is 0. The first-order valence-corrected chi connectivity index (χ1v) is 8.69.